The lowest BCUT2D eigenvalue weighted by atomic mass is 10.2. The van der Waals surface area contributed by atoms with Gasteiger partial charge in [0.25, 0.3) is 0 Å². The van der Waals surface area contributed by atoms with E-state index in [0.29, 0.717) is 63.2 Å². The summed E-state index contributed by atoms with van der Waals surface area (Å²) in [6.07, 6.45) is -2.16. The first-order valence-electron chi connectivity index (χ1n) is 9.55. The quantitative estimate of drug-likeness (QED) is 0.834. The van der Waals surface area contributed by atoms with Gasteiger partial charge in [-0.1, -0.05) is 6.92 Å². The fourth-order valence-electron chi connectivity index (χ4n) is 3.77. The van der Waals surface area contributed by atoms with E-state index in [1.165, 1.54) is 10.9 Å². The van der Waals surface area contributed by atoms with Gasteiger partial charge in [0.1, 0.15) is 12.9 Å². The van der Waals surface area contributed by atoms with Crippen molar-refractivity contribution in [2.45, 2.75) is 32.1 Å². The molecule has 154 valence electrons. The number of anilines is 2. The third-order valence-electron chi connectivity index (χ3n) is 5.17. The summed E-state index contributed by atoms with van der Waals surface area (Å²) in [6, 6.07) is 0.220. The van der Waals surface area contributed by atoms with Gasteiger partial charge < -0.3 is 19.9 Å². The van der Waals surface area contributed by atoms with Gasteiger partial charge in [-0.2, -0.15) is 13.2 Å². The zero-order chi connectivity index (χ0) is 19.7. The van der Waals surface area contributed by atoms with Crippen molar-refractivity contribution in [3.05, 3.63) is 6.33 Å². The number of imidazole rings is 1. The van der Waals surface area contributed by atoms with Gasteiger partial charge in [-0.3, -0.25) is 4.57 Å². The molecule has 2 saturated heterocycles. The third kappa shape index (κ3) is 3.86. The van der Waals surface area contributed by atoms with Crippen LogP contribution in [0.3, 0.4) is 0 Å². The molecular weight excluding hydrogens is 375 g/mol. The van der Waals surface area contributed by atoms with Crippen molar-refractivity contribution in [1.82, 2.24) is 24.8 Å². The van der Waals surface area contributed by atoms with Crippen molar-refractivity contribution in [3.63, 3.8) is 0 Å². The number of hydrogen-bond donors (Lipinski definition) is 1. The molecule has 0 amide bonds. The molecule has 2 fully saturated rings. The van der Waals surface area contributed by atoms with Gasteiger partial charge in [0.05, 0.1) is 13.2 Å². The number of nitrogens with one attached hydrogen (secondary N) is 1. The van der Waals surface area contributed by atoms with Crippen LogP contribution in [-0.4, -0.2) is 77.7 Å². The van der Waals surface area contributed by atoms with Crippen molar-refractivity contribution >= 4 is 22.9 Å². The van der Waals surface area contributed by atoms with Crippen LogP contribution in [0, 0.1) is 0 Å². The Morgan fingerprint density at radius 2 is 1.96 bits per heavy atom. The molecule has 0 bridgehead atoms. The Morgan fingerprint density at radius 3 is 2.68 bits per heavy atom. The van der Waals surface area contributed by atoms with Gasteiger partial charge in [-0.25, -0.2) is 15.0 Å². The van der Waals surface area contributed by atoms with E-state index >= 15 is 0 Å². The number of ether oxygens (including phenoxy) is 1. The standard InChI is InChI=1S/C17H24F3N7O/c1-2-12-9-26(4-3-21-12)16-24-13-14(25-5-7-28-8-6-25)22-11-23-15(13)27(16)10-17(18,19)20/h11-12,21H,2-10H2,1H3/t12-/m1/s1. The fraction of sp³-hybridized carbons (Fsp3) is 0.706. The molecule has 8 nitrogen and oxygen atoms in total. The highest BCUT2D eigenvalue weighted by Crippen LogP contribution is 2.31. The van der Waals surface area contributed by atoms with Gasteiger partial charge in [0, 0.05) is 38.8 Å². The maximum Gasteiger partial charge on any atom is 0.406 e. The lowest BCUT2D eigenvalue weighted by Gasteiger charge is -2.34. The predicted molar refractivity (Wildman–Crippen MR) is 98.7 cm³/mol. The lowest BCUT2D eigenvalue weighted by Crippen LogP contribution is -2.51. The van der Waals surface area contributed by atoms with Crippen molar-refractivity contribution < 1.29 is 17.9 Å². The Balaban J connectivity index is 1.79. The monoisotopic (exact) mass is 399 g/mol. The average Bonchev–Trinajstić information content (AvgIpc) is 3.05. The van der Waals surface area contributed by atoms with Gasteiger partial charge in [-0.15, -0.1) is 0 Å². The number of alkyl halides is 3. The second kappa shape index (κ2) is 7.70. The molecule has 0 spiro atoms. The summed E-state index contributed by atoms with van der Waals surface area (Å²) in [6.45, 7) is 5.19. The molecule has 11 heteroatoms. The SMILES string of the molecule is CC[C@@H]1CN(c2nc3c(N4CCOCC4)ncnc3n2CC(F)(F)F)CCN1. The van der Waals surface area contributed by atoms with E-state index in [-0.39, 0.29) is 11.7 Å². The van der Waals surface area contributed by atoms with E-state index in [2.05, 4.69) is 27.2 Å². The van der Waals surface area contributed by atoms with Crippen molar-refractivity contribution in [3.8, 4) is 0 Å². The molecule has 1 N–H and O–H groups in total. The minimum Gasteiger partial charge on any atom is -0.378 e. The molecule has 28 heavy (non-hydrogen) atoms. The van der Waals surface area contributed by atoms with Crippen molar-refractivity contribution in [2.24, 2.45) is 0 Å². The molecule has 0 aromatic carbocycles. The van der Waals surface area contributed by atoms with E-state index in [9.17, 15) is 13.2 Å². The zero-order valence-electron chi connectivity index (χ0n) is 15.7. The maximum absolute atomic E-state index is 13.3. The van der Waals surface area contributed by atoms with Gasteiger partial charge >= 0.3 is 6.18 Å². The molecule has 2 aromatic heterocycles. The topological polar surface area (TPSA) is 71.3 Å². The number of morpholine rings is 1. The van der Waals surface area contributed by atoms with E-state index in [0.717, 1.165) is 6.42 Å². The predicted octanol–water partition coefficient (Wildman–Crippen LogP) is 1.41. The minimum absolute atomic E-state index is 0.218. The first kappa shape index (κ1) is 19.2. The average molecular weight is 399 g/mol. The van der Waals surface area contributed by atoms with Gasteiger partial charge in [0.2, 0.25) is 5.95 Å². The van der Waals surface area contributed by atoms with Crippen LogP contribution in [0.5, 0.6) is 0 Å². The minimum atomic E-state index is -4.37. The summed E-state index contributed by atoms with van der Waals surface area (Å²) in [5.41, 5.74) is 0.630. The lowest BCUT2D eigenvalue weighted by molar-refractivity contribution is -0.139. The van der Waals surface area contributed by atoms with Crippen molar-refractivity contribution in [1.29, 1.82) is 0 Å². The molecular formula is C17H24F3N7O. The molecule has 0 radical (unpaired) electrons. The molecule has 0 aliphatic carbocycles. The van der Waals surface area contributed by atoms with E-state index in [4.69, 9.17) is 4.74 Å². The van der Waals surface area contributed by atoms with Crippen LogP contribution in [0.4, 0.5) is 24.9 Å². The first-order valence-corrected chi connectivity index (χ1v) is 9.55. The summed E-state index contributed by atoms with van der Waals surface area (Å²) in [5.74, 6) is 0.875. The number of piperazine rings is 1. The number of aromatic nitrogens is 4. The highest BCUT2D eigenvalue weighted by atomic mass is 19.4. The molecule has 4 rings (SSSR count). The summed E-state index contributed by atoms with van der Waals surface area (Å²) in [7, 11) is 0. The summed E-state index contributed by atoms with van der Waals surface area (Å²) in [5, 5.41) is 3.38. The second-order valence-electron chi connectivity index (χ2n) is 7.09. The van der Waals surface area contributed by atoms with Crippen LogP contribution in [0.25, 0.3) is 11.2 Å². The highest BCUT2D eigenvalue weighted by Gasteiger charge is 2.34. The van der Waals surface area contributed by atoms with Crippen LogP contribution in [0.2, 0.25) is 0 Å². The molecule has 0 saturated carbocycles. The van der Waals surface area contributed by atoms with Gasteiger partial charge in [-0.05, 0) is 6.42 Å². The van der Waals surface area contributed by atoms with Crippen LogP contribution < -0.4 is 15.1 Å². The highest BCUT2D eigenvalue weighted by molar-refractivity contribution is 5.86. The molecule has 4 heterocycles. The third-order valence-corrected chi connectivity index (χ3v) is 5.17. The Bertz CT molecular complexity index is 819. The normalized spacial score (nSPS) is 21.5. The summed E-state index contributed by atoms with van der Waals surface area (Å²) in [4.78, 5) is 17.0. The van der Waals surface area contributed by atoms with E-state index in [1.54, 1.807) is 0 Å². The fourth-order valence-corrected chi connectivity index (χ4v) is 3.77. The van der Waals surface area contributed by atoms with Crippen LogP contribution in [0.15, 0.2) is 6.33 Å². The Morgan fingerprint density at radius 1 is 1.18 bits per heavy atom. The number of halogens is 3. The Hall–Kier alpha value is -2.14. The molecule has 2 aliphatic rings. The van der Waals surface area contributed by atoms with Gasteiger partial charge in [0.15, 0.2) is 17.0 Å². The molecule has 1 atom stereocenters. The molecule has 0 unspecified atom stereocenters. The van der Waals surface area contributed by atoms with Crippen LogP contribution in [0.1, 0.15) is 13.3 Å². The Labute approximate surface area is 160 Å². The van der Waals surface area contributed by atoms with E-state index < -0.39 is 12.7 Å². The number of hydrogen-bond acceptors (Lipinski definition) is 7. The van der Waals surface area contributed by atoms with Crippen LogP contribution >= 0.6 is 0 Å². The largest absolute Gasteiger partial charge is 0.406 e. The summed E-state index contributed by atoms with van der Waals surface area (Å²) >= 11 is 0. The van der Waals surface area contributed by atoms with Crippen LogP contribution in [-0.2, 0) is 11.3 Å². The smallest absolute Gasteiger partial charge is 0.378 e. The number of nitrogens with zero attached hydrogens (tertiary/aromatic N) is 6. The maximum atomic E-state index is 13.3. The second-order valence-corrected chi connectivity index (χ2v) is 7.09. The van der Waals surface area contributed by atoms with Crippen molar-refractivity contribution in [2.75, 3.05) is 55.7 Å². The Kier molecular flexibility index (Phi) is 5.28. The van der Waals surface area contributed by atoms with E-state index in [1.807, 2.05) is 9.80 Å². The number of rotatable bonds is 4. The number of fused-ring (bicyclic) bond motifs is 1. The zero-order valence-corrected chi connectivity index (χ0v) is 15.7. The molecule has 2 aromatic rings. The first-order chi connectivity index (χ1) is 13.5. The molecule has 2 aliphatic heterocycles. The summed E-state index contributed by atoms with van der Waals surface area (Å²) < 4.78 is 46.6.